The van der Waals surface area contributed by atoms with Gasteiger partial charge in [-0.2, -0.15) is 0 Å². The van der Waals surface area contributed by atoms with Crippen molar-refractivity contribution >= 4 is 23.2 Å². The molecule has 1 aliphatic rings. The Labute approximate surface area is 102 Å². The Bertz CT molecular complexity index is 322. The maximum Gasteiger partial charge on any atom is 0.0440 e. The minimum Gasteiger partial charge on any atom is -0.123 e. The Hall–Kier alpha value is -0.200. The molecule has 2 rings (SSSR count). The van der Waals surface area contributed by atoms with E-state index in [1.165, 1.54) is 24.8 Å². The van der Waals surface area contributed by atoms with Crippen LogP contribution < -0.4 is 0 Å². The molecular weight excluding hydrogens is 227 g/mol. The summed E-state index contributed by atoms with van der Waals surface area (Å²) in [5.74, 6) is 0.559. The molecule has 0 radical (unpaired) electrons. The summed E-state index contributed by atoms with van der Waals surface area (Å²) in [6, 6.07) is 8.17. The highest BCUT2D eigenvalue weighted by Crippen LogP contribution is 2.36. The lowest BCUT2D eigenvalue weighted by atomic mass is 9.92. The van der Waals surface area contributed by atoms with E-state index < -0.39 is 0 Å². The summed E-state index contributed by atoms with van der Waals surface area (Å²) in [6.07, 6.45) is 6.00. The van der Waals surface area contributed by atoms with Gasteiger partial charge in [0.15, 0.2) is 0 Å². The van der Waals surface area contributed by atoms with Gasteiger partial charge < -0.3 is 0 Å². The molecule has 0 N–H and O–H groups in total. The van der Waals surface area contributed by atoms with Crippen LogP contribution in [0.4, 0.5) is 0 Å². The van der Waals surface area contributed by atoms with E-state index in [9.17, 15) is 0 Å². The van der Waals surface area contributed by atoms with Crippen molar-refractivity contribution in [3.8, 4) is 0 Å². The fourth-order valence-corrected chi connectivity index (χ4v) is 3.05. The molecule has 1 aromatic rings. The van der Waals surface area contributed by atoms with Crippen molar-refractivity contribution in [2.24, 2.45) is 0 Å². The smallest absolute Gasteiger partial charge is 0.0440 e. The average molecular weight is 243 g/mol. The van der Waals surface area contributed by atoms with Crippen LogP contribution in [0.3, 0.4) is 0 Å². The molecule has 0 aromatic heterocycles. The van der Waals surface area contributed by atoms with Gasteiger partial charge in [0.05, 0.1) is 0 Å². The van der Waals surface area contributed by atoms with Crippen LogP contribution in [-0.4, -0.2) is 5.38 Å². The summed E-state index contributed by atoms with van der Waals surface area (Å²) >= 11 is 12.5. The zero-order valence-corrected chi connectivity index (χ0v) is 10.3. The molecule has 2 atom stereocenters. The van der Waals surface area contributed by atoms with Crippen LogP contribution in [0, 0.1) is 0 Å². The molecule has 2 unspecified atom stereocenters. The first-order chi connectivity index (χ1) is 7.27. The van der Waals surface area contributed by atoms with Gasteiger partial charge in [-0.15, -0.1) is 11.6 Å². The number of hydrogen-bond donors (Lipinski definition) is 0. The van der Waals surface area contributed by atoms with Crippen molar-refractivity contribution in [2.45, 2.75) is 43.4 Å². The average Bonchev–Trinajstić information content (AvgIpc) is 2.43. The lowest BCUT2D eigenvalue weighted by Crippen LogP contribution is -2.04. The number of benzene rings is 1. The Balaban J connectivity index is 2.18. The zero-order chi connectivity index (χ0) is 10.7. The molecule has 0 heterocycles. The maximum atomic E-state index is 6.27. The fraction of sp³-hybridized carbons (Fsp3) is 0.538. The molecule has 2 heteroatoms. The lowest BCUT2D eigenvalue weighted by molar-refractivity contribution is 0.596. The van der Waals surface area contributed by atoms with Crippen molar-refractivity contribution in [2.75, 3.05) is 0 Å². The zero-order valence-electron chi connectivity index (χ0n) is 8.76. The van der Waals surface area contributed by atoms with Crippen molar-refractivity contribution in [3.05, 3.63) is 34.9 Å². The van der Waals surface area contributed by atoms with Gasteiger partial charge >= 0.3 is 0 Å². The highest BCUT2D eigenvalue weighted by molar-refractivity contribution is 6.31. The molecule has 0 nitrogen and oxygen atoms in total. The number of rotatable bonds is 1. The van der Waals surface area contributed by atoms with Crippen molar-refractivity contribution in [1.82, 2.24) is 0 Å². The Morgan fingerprint density at radius 3 is 2.60 bits per heavy atom. The second-order valence-corrected chi connectivity index (χ2v) is 5.36. The Morgan fingerprint density at radius 2 is 1.80 bits per heavy atom. The molecule has 0 bridgehead atoms. The Kier molecular flexibility index (Phi) is 3.93. The monoisotopic (exact) mass is 242 g/mol. The normalized spacial score (nSPS) is 27.3. The fourth-order valence-electron chi connectivity index (χ4n) is 2.39. The summed E-state index contributed by atoms with van der Waals surface area (Å²) in [5, 5.41) is 1.22. The predicted molar refractivity (Wildman–Crippen MR) is 66.9 cm³/mol. The largest absolute Gasteiger partial charge is 0.123 e. The molecule has 0 spiro atoms. The van der Waals surface area contributed by atoms with E-state index in [-0.39, 0.29) is 0 Å². The topological polar surface area (TPSA) is 0 Å². The first-order valence-corrected chi connectivity index (χ1v) is 6.47. The van der Waals surface area contributed by atoms with Crippen molar-refractivity contribution in [1.29, 1.82) is 0 Å². The molecule has 1 aliphatic carbocycles. The first kappa shape index (κ1) is 11.3. The van der Waals surface area contributed by atoms with Crippen LogP contribution in [-0.2, 0) is 0 Å². The molecule has 0 saturated heterocycles. The molecular formula is C13H16Cl2. The van der Waals surface area contributed by atoms with E-state index in [4.69, 9.17) is 23.2 Å². The van der Waals surface area contributed by atoms with Crippen LogP contribution in [0.15, 0.2) is 24.3 Å². The number of hydrogen-bond acceptors (Lipinski definition) is 0. The standard InChI is InChI=1S/C13H16Cl2/c14-11-6-2-1-5-10(9-11)12-7-3-4-8-13(12)15/h3-4,7-8,10-11H,1-2,5-6,9H2. The number of halogens is 2. The van der Waals surface area contributed by atoms with Gasteiger partial charge in [0.1, 0.15) is 0 Å². The molecule has 0 amide bonds. The van der Waals surface area contributed by atoms with Gasteiger partial charge in [-0.05, 0) is 36.8 Å². The van der Waals surface area contributed by atoms with E-state index >= 15 is 0 Å². The third kappa shape index (κ3) is 2.89. The minimum atomic E-state index is 0.328. The second-order valence-electron chi connectivity index (χ2n) is 4.34. The van der Waals surface area contributed by atoms with Crippen LogP contribution in [0.1, 0.15) is 43.6 Å². The van der Waals surface area contributed by atoms with Gasteiger partial charge in [0, 0.05) is 10.4 Å². The molecule has 82 valence electrons. The summed E-state index contributed by atoms with van der Waals surface area (Å²) in [4.78, 5) is 0. The van der Waals surface area contributed by atoms with E-state index in [0.717, 1.165) is 17.9 Å². The summed E-state index contributed by atoms with van der Waals surface area (Å²) in [6.45, 7) is 0. The first-order valence-electron chi connectivity index (χ1n) is 5.66. The SMILES string of the molecule is Clc1ccccc1C1CCCCC(Cl)C1. The third-order valence-corrected chi connectivity index (χ3v) is 3.95. The van der Waals surface area contributed by atoms with Crippen LogP contribution in [0.2, 0.25) is 5.02 Å². The van der Waals surface area contributed by atoms with E-state index in [1.54, 1.807) is 0 Å². The van der Waals surface area contributed by atoms with Crippen molar-refractivity contribution < 1.29 is 0 Å². The van der Waals surface area contributed by atoms with Gasteiger partial charge in [-0.3, -0.25) is 0 Å². The van der Waals surface area contributed by atoms with E-state index in [1.807, 2.05) is 12.1 Å². The summed E-state index contributed by atoms with van der Waals surface area (Å²) < 4.78 is 0. The molecule has 1 fully saturated rings. The van der Waals surface area contributed by atoms with Gasteiger partial charge in [0.2, 0.25) is 0 Å². The highest BCUT2D eigenvalue weighted by Gasteiger charge is 2.21. The molecule has 0 aliphatic heterocycles. The Morgan fingerprint density at radius 1 is 1.07 bits per heavy atom. The van der Waals surface area contributed by atoms with Crippen molar-refractivity contribution in [3.63, 3.8) is 0 Å². The van der Waals surface area contributed by atoms with Gasteiger partial charge in [0.25, 0.3) is 0 Å². The summed E-state index contributed by atoms with van der Waals surface area (Å²) in [7, 11) is 0. The highest BCUT2D eigenvalue weighted by atomic mass is 35.5. The van der Waals surface area contributed by atoms with Crippen LogP contribution in [0.5, 0.6) is 0 Å². The third-order valence-electron chi connectivity index (χ3n) is 3.21. The molecule has 1 saturated carbocycles. The van der Waals surface area contributed by atoms with Gasteiger partial charge in [-0.1, -0.05) is 42.6 Å². The summed E-state index contributed by atoms with van der Waals surface area (Å²) in [5.41, 5.74) is 1.28. The quantitative estimate of drug-likeness (QED) is 0.481. The molecule has 1 aromatic carbocycles. The van der Waals surface area contributed by atoms with Gasteiger partial charge in [-0.25, -0.2) is 0 Å². The van der Waals surface area contributed by atoms with E-state index in [0.29, 0.717) is 11.3 Å². The molecule has 15 heavy (non-hydrogen) atoms. The predicted octanol–water partition coefficient (Wildman–Crippen LogP) is 5.00. The maximum absolute atomic E-state index is 6.27. The number of alkyl halides is 1. The lowest BCUT2D eigenvalue weighted by Gasteiger charge is -2.17. The van der Waals surface area contributed by atoms with E-state index in [2.05, 4.69) is 12.1 Å². The minimum absolute atomic E-state index is 0.328. The van der Waals surface area contributed by atoms with Crippen LogP contribution >= 0.6 is 23.2 Å². The van der Waals surface area contributed by atoms with Crippen LogP contribution in [0.25, 0.3) is 0 Å². The second kappa shape index (κ2) is 5.23.